The molecule has 0 radical (unpaired) electrons. The van der Waals surface area contributed by atoms with Crippen LogP contribution in [0.1, 0.15) is 11.3 Å². The molecule has 0 atom stereocenters. The fourth-order valence-electron chi connectivity index (χ4n) is 2.54. The molecule has 23 heavy (non-hydrogen) atoms. The molecule has 1 aromatic heterocycles. The van der Waals surface area contributed by atoms with Gasteiger partial charge in [-0.3, -0.25) is 0 Å². The zero-order valence-corrected chi connectivity index (χ0v) is 15.5. The zero-order chi connectivity index (χ0) is 16.4. The van der Waals surface area contributed by atoms with Crippen LogP contribution in [0.15, 0.2) is 53.0 Å². The van der Waals surface area contributed by atoms with Gasteiger partial charge in [0.15, 0.2) is 5.11 Å². The van der Waals surface area contributed by atoms with Gasteiger partial charge in [0.05, 0.1) is 0 Å². The summed E-state index contributed by atoms with van der Waals surface area (Å²) >= 11 is 8.77. The molecule has 0 unspecified atom stereocenters. The summed E-state index contributed by atoms with van der Waals surface area (Å²) in [6, 6.07) is 16.6. The Hall–Kier alpha value is -1.85. The molecule has 0 saturated carbocycles. The Morgan fingerprint density at radius 2 is 1.87 bits per heavy atom. The number of aryl methyl sites for hydroxylation is 2. The van der Waals surface area contributed by atoms with Crippen LogP contribution in [0.2, 0.25) is 0 Å². The average Bonchev–Trinajstić information content (AvgIpc) is 2.82. The number of anilines is 1. The Kier molecular flexibility index (Phi) is 4.68. The van der Waals surface area contributed by atoms with Gasteiger partial charge in [-0.05, 0) is 67.2 Å². The van der Waals surface area contributed by atoms with Crippen LogP contribution in [0.4, 0.5) is 5.69 Å². The van der Waals surface area contributed by atoms with Gasteiger partial charge in [-0.1, -0.05) is 22.0 Å². The molecule has 3 rings (SSSR count). The first-order valence-electron chi connectivity index (χ1n) is 7.38. The smallest absolute Gasteiger partial charge is 0.171 e. The lowest BCUT2D eigenvalue weighted by molar-refractivity contribution is 0.913. The minimum absolute atomic E-state index is 0.622. The third-order valence-electron chi connectivity index (χ3n) is 3.90. The highest BCUT2D eigenvalue weighted by atomic mass is 79.9. The second kappa shape index (κ2) is 6.72. The Labute approximate surface area is 149 Å². The summed E-state index contributed by atoms with van der Waals surface area (Å²) in [5.41, 5.74) is 4.70. The van der Waals surface area contributed by atoms with Gasteiger partial charge in [0.25, 0.3) is 0 Å². The van der Waals surface area contributed by atoms with Crippen molar-refractivity contribution in [3.63, 3.8) is 0 Å². The van der Waals surface area contributed by atoms with E-state index in [1.54, 1.807) is 0 Å². The predicted molar refractivity (Wildman–Crippen MR) is 105 cm³/mol. The van der Waals surface area contributed by atoms with E-state index in [9.17, 15) is 0 Å². The van der Waals surface area contributed by atoms with Crippen LogP contribution in [0, 0.1) is 6.92 Å². The van der Waals surface area contributed by atoms with E-state index in [2.05, 4.69) is 69.4 Å². The van der Waals surface area contributed by atoms with Gasteiger partial charge in [0.1, 0.15) is 0 Å². The van der Waals surface area contributed by atoms with Gasteiger partial charge in [-0.2, -0.15) is 0 Å². The van der Waals surface area contributed by atoms with Crippen molar-refractivity contribution in [2.45, 2.75) is 13.5 Å². The van der Waals surface area contributed by atoms with E-state index in [4.69, 9.17) is 12.2 Å². The number of hydrogen-bond donors (Lipinski definition) is 2. The first-order chi connectivity index (χ1) is 11.0. The Morgan fingerprint density at radius 1 is 1.13 bits per heavy atom. The lowest BCUT2D eigenvalue weighted by Gasteiger charge is -2.11. The van der Waals surface area contributed by atoms with Crippen LogP contribution in [0.3, 0.4) is 0 Å². The number of rotatable bonds is 3. The van der Waals surface area contributed by atoms with Gasteiger partial charge in [-0.25, -0.2) is 0 Å². The van der Waals surface area contributed by atoms with Gasteiger partial charge >= 0.3 is 0 Å². The molecule has 0 aliphatic carbocycles. The number of benzene rings is 2. The highest BCUT2D eigenvalue weighted by Gasteiger charge is 2.04. The molecule has 0 aliphatic rings. The van der Waals surface area contributed by atoms with Crippen molar-refractivity contribution < 1.29 is 0 Å². The molecule has 3 nitrogen and oxygen atoms in total. The molecule has 0 amide bonds. The minimum Gasteiger partial charge on any atom is -0.358 e. The maximum absolute atomic E-state index is 5.35. The monoisotopic (exact) mass is 387 g/mol. The van der Waals surface area contributed by atoms with Crippen molar-refractivity contribution in [2.75, 3.05) is 5.32 Å². The largest absolute Gasteiger partial charge is 0.358 e. The zero-order valence-electron chi connectivity index (χ0n) is 13.1. The SMILES string of the molecule is Cc1cc2cc(CNC(=S)Nc3ccc(Br)cc3)ccc2n1C. The number of thiocarbonyl (C=S) groups is 1. The summed E-state index contributed by atoms with van der Waals surface area (Å²) in [6.07, 6.45) is 0. The van der Waals surface area contributed by atoms with E-state index in [1.807, 2.05) is 24.3 Å². The molecule has 2 N–H and O–H groups in total. The van der Waals surface area contributed by atoms with Gasteiger partial charge in [0, 0.05) is 40.3 Å². The minimum atomic E-state index is 0.622. The molecule has 1 heterocycles. The number of hydrogen-bond acceptors (Lipinski definition) is 1. The molecular formula is C18H18BrN3S. The topological polar surface area (TPSA) is 29.0 Å². The standard InChI is InChI=1S/C18H18BrN3S/c1-12-9-14-10-13(3-8-17(14)22(12)2)11-20-18(23)21-16-6-4-15(19)5-7-16/h3-10H,11H2,1-2H3,(H2,20,21,23). The number of nitrogens with zero attached hydrogens (tertiary/aromatic N) is 1. The third kappa shape index (κ3) is 3.74. The van der Waals surface area contributed by atoms with E-state index < -0.39 is 0 Å². The lowest BCUT2D eigenvalue weighted by atomic mass is 10.1. The number of fused-ring (bicyclic) bond motifs is 1. The van der Waals surface area contributed by atoms with Gasteiger partial charge < -0.3 is 15.2 Å². The summed E-state index contributed by atoms with van der Waals surface area (Å²) in [5.74, 6) is 0. The molecule has 0 spiro atoms. The molecule has 0 bridgehead atoms. The maximum atomic E-state index is 5.35. The molecular weight excluding hydrogens is 370 g/mol. The van der Waals surface area contributed by atoms with E-state index in [0.29, 0.717) is 11.7 Å². The average molecular weight is 388 g/mol. The van der Waals surface area contributed by atoms with Gasteiger partial charge in [-0.15, -0.1) is 0 Å². The number of halogens is 1. The molecule has 0 aliphatic heterocycles. The number of nitrogens with one attached hydrogen (secondary N) is 2. The molecule has 5 heteroatoms. The summed E-state index contributed by atoms with van der Waals surface area (Å²) in [4.78, 5) is 0. The fraction of sp³-hybridized carbons (Fsp3) is 0.167. The Bertz CT molecular complexity index is 853. The van der Waals surface area contributed by atoms with Crippen molar-refractivity contribution in [3.8, 4) is 0 Å². The van der Waals surface area contributed by atoms with Crippen molar-refractivity contribution >= 4 is 49.9 Å². The highest BCUT2D eigenvalue weighted by molar-refractivity contribution is 9.10. The van der Waals surface area contributed by atoms with Crippen LogP contribution in [-0.4, -0.2) is 9.68 Å². The highest BCUT2D eigenvalue weighted by Crippen LogP contribution is 2.20. The second-order valence-corrected chi connectivity index (χ2v) is 6.88. The van der Waals surface area contributed by atoms with Crippen LogP contribution in [-0.2, 0) is 13.6 Å². The van der Waals surface area contributed by atoms with E-state index in [0.717, 1.165) is 10.2 Å². The van der Waals surface area contributed by atoms with Crippen LogP contribution in [0.5, 0.6) is 0 Å². The van der Waals surface area contributed by atoms with Gasteiger partial charge in [0.2, 0.25) is 0 Å². The normalized spacial score (nSPS) is 10.7. The summed E-state index contributed by atoms with van der Waals surface area (Å²) < 4.78 is 3.25. The van der Waals surface area contributed by atoms with Crippen molar-refractivity contribution in [1.29, 1.82) is 0 Å². The third-order valence-corrected chi connectivity index (χ3v) is 4.68. The maximum Gasteiger partial charge on any atom is 0.171 e. The Balaban J connectivity index is 1.63. The molecule has 2 aromatic carbocycles. The Morgan fingerprint density at radius 3 is 2.61 bits per heavy atom. The number of aromatic nitrogens is 1. The molecule has 3 aromatic rings. The lowest BCUT2D eigenvalue weighted by Crippen LogP contribution is -2.27. The summed E-state index contributed by atoms with van der Waals surface area (Å²) in [6.45, 7) is 2.82. The quantitative estimate of drug-likeness (QED) is 0.636. The summed E-state index contributed by atoms with van der Waals surface area (Å²) in [5, 5.41) is 8.32. The van der Waals surface area contributed by atoms with Crippen LogP contribution in [0.25, 0.3) is 10.9 Å². The second-order valence-electron chi connectivity index (χ2n) is 5.55. The summed E-state index contributed by atoms with van der Waals surface area (Å²) in [7, 11) is 2.09. The molecule has 118 valence electrons. The van der Waals surface area contributed by atoms with Crippen LogP contribution >= 0.6 is 28.1 Å². The van der Waals surface area contributed by atoms with E-state index >= 15 is 0 Å². The molecule has 0 saturated heterocycles. The van der Waals surface area contributed by atoms with E-state index in [-0.39, 0.29) is 0 Å². The first kappa shape index (κ1) is 16.0. The van der Waals surface area contributed by atoms with Crippen molar-refractivity contribution in [1.82, 2.24) is 9.88 Å². The first-order valence-corrected chi connectivity index (χ1v) is 8.58. The van der Waals surface area contributed by atoms with Crippen molar-refractivity contribution in [3.05, 3.63) is 64.3 Å². The van der Waals surface area contributed by atoms with Crippen LogP contribution < -0.4 is 10.6 Å². The fourth-order valence-corrected chi connectivity index (χ4v) is 2.99. The van der Waals surface area contributed by atoms with Crippen molar-refractivity contribution in [2.24, 2.45) is 7.05 Å². The molecule has 0 fully saturated rings. The predicted octanol–water partition coefficient (Wildman–Crippen LogP) is 4.74. The van der Waals surface area contributed by atoms with E-state index in [1.165, 1.54) is 22.2 Å².